The molecule has 6 heteroatoms. The Balaban J connectivity index is 2.16. The van der Waals surface area contributed by atoms with E-state index in [-0.39, 0.29) is 0 Å². The molecule has 0 bridgehead atoms. The topological polar surface area (TPSA) is 42.3 Å². The zero-order valence-corrected chi connectivity index (χ0v) is 18.3. The van der Waals surface area contributed by atoms with E-state index >= 15 is 0 Å². The lowest BCUT2D eigenvalue weighted by atomic mass is 9.92. The number of fused-ring (bicyclic) bond motifs is 1. The van der Waals surface area contributed by atoms with Gasteiger partial charge in [-0.15, -0.1) is 0 Å². The summed E-state index contributed by atoms with van der Waals surface area (Å²) < 4.78 is 7.72. The fraction of sp³-hybridized carbons (Fsp3) is 0.409. The second kappa shape index (κ2) is 8.31. The van der Waals surface area contributed by atoms with E-state index in [4.69, 9.17) is 21.3 Å². The number of aryl methyl sites for hydroxylation is 1. The molecule has 0 saturated heterocycles. The van der Waals surface area contributed by atoms with E-state index < -0.39 is 0 Å². The van der Waals surface area contributed by atoms with Crippen LogP contribution >= 0.6 is 11.6 Å². The molecule has 1 N–H and O–H groups in total. The molecular weight excluding hydrogens is 372 g/mol. The molecule has 3 aromatic rings. The fourth-order valence-corrected chi connectivity index (χ4v) is 3.93. The molecule has 0 aliphatic rings. The Morgan fingerprint density at radius 1 is 1.18 bits per heavy atom. The summed E-state index contributed by atoms with van der Waals surface area (Å²) in [6, 6.07) is 10.0. The third-order valence-electron chi connectivity index (χ3n) is 5.35. The van der Waals surface area contributed by atoms with E-state index in [0.29, 0.717) is 10.9 Å². The standard InChI is InChI=1S/C22H29ClN4O/c1-7-14(8-2)16-10-12-19(28-6)20-21(16)27(5)22(25-20)24-17-11-9-15(23)13-18(17)26(3)4/h9-14H,7-8H2,1-6H3,(H,24,25). The Labute approximate surface area is 172 Å². The van der Waals surface area contributed by atoms with Crippen LogP contribution in [0.15, 0.2) is 30.3 Å². The summed E-state index contributed by atoms with van der Waals surface area (Å²) in [5, 5.41) is 4.19. The number of nitrogens with one attached hydrogen (secondary N) is 1. The lowest BCUT2D eigenvalue weighted by Crippen LogP contribution is -2.11. The summed E-state index contributed by atoms with van der Waals surface area (Å²) in [4.78, 5) is 6.92. The van der Waals surface area contributed by atoms with Gasteiger partial charge in [-0.1, -0.05) is 31.5 Å². The predicted molar refractivity (Wildman–Crippen MR) is 120 cm³/mol. The van der Waals surface area contributed by atoms with Crippen molar-refractivity contribution in [2.75, 3.05) is 31.4 Å². The van der Waals surface area contributed by atoms with Crippen molar-refractivity contribution in [2.24, 2.45) is 7.05 Å². The molecule has 0 aliphatic heterocycles. The number of rotatable bonds is 7. The predicted octanol–water partition coefficient (Wildman–Crippen LogP) is 5.95. The largest absolute Gasteiger partial charge is 0.494 e. The second-order valence-corrected chi connectivity index (χ2v) is 7.68. The van der Waals surface area contributed by atoms with Crippen molar-refractivity contribution >= 4 is 40.0 Å². The van der Waals surface area contributed by atoms with Crippen molar-refractivity contribution < 1.29 is 4.74 Å². The normalized spacial score (nSPS) is 11.3. The number of hydrogen-bond acceptors (Lipinski definition) is 4. The van der Waals surface area contributed by atoms with Gasteiger partial charge < -0.3 is 19.5 Å². The average molecular weight is 401 g/mol. The summed E-state index contributed by atoms with van der Waals surface area (Å²) >= 11 is 6.19. The average Bonchev–Trinajstić information content (AvgIpc) is 3.00. The van der Waals surface area contributed by atoms with Crippen LogP contribution in [0.4, 0.5) is 17.3 Å². The zero-order valence-electron chi connectivity index (χ0n) is 17.5. The van der Waals surface area contributed by atoms with Gasteiger partial charge in [-0.25, -0.2) is 4.98 Å². The lowest BCUT2D eigenvalue weighted by Gasteiger charge is -2.19. The highest BCUT2D eigenvalue weighted by atomic mass is 35.5. The summed E-state index contributed by atoms with van der Waals surface area (Å²) in [6.07, 6.45) is 2.18. The minimum absolute atomic E-state index is 0.490. The van der Waals surface area contributed by atoms with E-state index in [1.54, 1.807) is 7.11 Å². The van der Waals surface area contributed by atoms with Crippen LogP contribution in [0.1, 0.15) is 38.2 Å². The number of ether oxygens (including phenoxy) is 1. The molecule has 1 heterocycles. The SMILES string of the molecule is CCC(CC)c1ccc(OC)c2nc(Nc3ccc(Cl)cc3N(C)C)n(C)c12. The molecule has 0 saturated carbocycles. The summed E-state index contributed by atoms with van der Waals surface area (Å²) in [5.41, 5.74) is 5.28. The number of halogens is 1. The molecule has 150 valence electrons. The Morgan fingerprint density at radius 2 is 1.89 bits per heavy atom. The lowest BCUT2D eigenvalue weighted by molar-refractivity contribution is 0.418. The summed E-state index contributed by atoms with van der Waals surface area (Å²) in [7, 11) is 7.74. The molecule has 5 nitrogen and oxygen atoms in total. The van der Waals surface area contributed by atoms with E-state index in [1.807, 2.05) is 50.3 Å². The molecule has 0 fully saturated rings. The Hall–Kier alpha value is -2.40. The van der Waals surface area contributed by atoms with Gasteiger partial charge in [0.25, 0.3) is 0 Å². The molecule has 1 aromatic heterocycles. The van der Waals surface area contributed by atoms with Gasteiger partial charge in [-0.3, -0.25) is 0 Å². The van der Waals surface area contributed by atoms with Gasteiger partial charge in [0.05, 0.1) is 24.0 Å². The van der Waals surface area contributed by atoms with Gasteiger partial charge in [0.15, 0.2) is 0 Å². The minimum Gasteiger partial charge on any atom is -0.494 e. The Kier molecular flexibility index (Phi) is 6.04. The van der Waals surface area contributed by atoms with Gasteiger partial charge in [0, 0.05) is 26.2 Å². The van der Waals surface area contributed by atoms with Crippen molar-refractivity contribution in [2.45, 2.75) is 32.6 Å². The second-order valence-electron chi connectivity index (χ2n) is 7.24. The van der Waals surface area contributed by atoms with Crippen molar-refractivity contribution in [3.05, 3.63) is 40.9 Å². The highest BCUT2D eigenvalue weighted by Crippen LogP contribution is 2.37. The van der Waals surface area contributed by atoms with Crippen molar-refractivity contribution in [3.63, 3.8) is 0 Å². The zero-order chi connectivity index (χ0) is 20.4. The molecule has 0 radical (unpaired) electrons. The van der Waals surface area contributed by atoms with Crippen LogP contribution in [0.2, 0.25) is 5.02 Å². The monoisotopic (exact) mass is 400 g/mol. The number of methoxy groups -OCH3 is 1. The van der Waals surface area contributed by atoms with Crippen LogP contribution in [-0.4, -0.2) is 30.8 Å². The molecule has 0 spiro atoms. The maximum atomic E-state index is 6.19. The molecule has 3 rings (SSSR count). The van der Waals surface area contributed by atoms with Gasteiger partial charge >= 0.3 is 0 Å². The van der Waals surface area contributed by atoms with Crippen LogP contribution in [0, 0.1) is 0 Å². The number of anilines is 3. The first-order valence-electron chi connectivity index (χ1n) is 9.68. The summed E-state index contributed by atoms with van der Waals surface area (Å²) in [5.74, 6) is 2.05. The number of hydrogen-bond donors (Lipinski definition) is 1. The molecule has 2 aromatic carbocycles. The van der Waals surface area contributed by atoms with Gasteiger partial charge in [0.2, 0.25) is 5.95 Å². The van der Waals surface area contributed by atoms with Crippen molar-refractivity contribution in [3.8, 4) is 5.75 Å². The maximum absolute atomic E-state index is 6.19. The fourth-order valence-electron chi connectivity index (χ4n) is 3.76. The smallest absolute Gasteiger partial charge is 0.208 e. The maximum Gasteiger partial charge on any atom is 0.208 e. The molecule has 0 amide bonds. The van der Waals surface area contributed by atoms with Gasteiger partial charge in [0.1, 0.15) is 11.3 Å². The van der Waals surface area contributed by atoms with Gasteiger partial charge in [-0.05, 0) is 48.6 Å². The number of aromatic nitrogens is 2. The number of benzene rings is 2. The van der Waals surface area contributed by atoms with E-state index in [9.17, 15) is 0 Å². The van der Waals surface area contributed by atoms with E-state index in [0.717, 1.165) is 46.9 Å². The Morgan fingerprint density at radius 3 is 2.50 bits per heavy atom. The molecule has 28 heavy (non-hydrogen) atoms. The minimum atomic E-state index is 0.490. The van der Waals surface area contributed by atoms with E-state index in [1.165, 1.54) is 5.56 Å². The third kappa shape index (κ3) is 3.63. The third-order valence-corrected chi connectivity index (χ3v) is 5.58. The van der Waals surface area contributed by atoms with Crippen LogP contribution in [0.3, 0.4) is 0 Å². The van der Waals surface area contributed by atoms with Crippen molar-refractivity contribution in [1.82, 2.24) is 9.55 Å². The number of nitrogens with zero attached hydrogens (tertiary/aromatic N) is 3. The quantitative estimate of drug-likeness (QED) is 0.532. The Bertz CT molecular complexity index is 976. The number of imidazole rings is 1. The van der Waals surface area contributed by atoms with Crippen LogP contribution < -0.4 is 15.0 Å². The first-order valence-corrected chi connectivity index (χ1v) is 10.1. The highest BCUT2D eigenvalue weighted by molar-refractivity contribution is 6.31. The molecule has 0 aliphatic carbocycles. The molecular formula is C22H29ClN4O. The first kappa shape index (κ1) is 20.3. The molecule has 0 unspecified atom stereocenters. The van der Waals surface area contributed by atoms with Crippen LogP contribution in [0.5, 0.6) is 5.75 Å². The molecule has 0 atom stereocenters. The first-order chi connectivity index (χ1) is 13.4. The van der Waals surface area contributed by atoms with E-state index in [2.05, 4.69) is 29.8 Å². The van der Waals surface area contributed by atoms with Crippen molar-refractivity contribution in [1.29, 1.82) is 0 Å². The highest BCUT2D eigenvalue weighted by Gasteiger charge is 2.20. The van der Waals surface area contributed by atoms with Crippen LogP contribution in [0.25, 0.3) is 11.0 Å². The van der Waals surface area contributed by atoms with Crippen LogP contribution in [-0.2, 0) is 7.05 Å². The summed E-state index contributed by atoms with van der Waals surface area (Å²) in [6.45, 7) is 4.47. The van der Waals surface area contributed by atoms with Gasteiger partial charge in [-0.2, -0.15) is 0 Å².